The maximum atomic E-state index is 12.3. The van der Waals surface area contributed by atoms with Crippen molar-refractivity contribution in [3.8, 4) is 0 Å². The molecule has 0 aromatic heterocycles. The normalized spacial score (nSPS) is 18.1. The monoisotopic (exact) mass is 328 g/mol. The van der Waals surface area contributed by atoms with Crippen molar-refractivity contribution in [3.05, 3.63) is 29.8 Å². The molecule has 0 saturated carbocycles. The van der Waals surface area contributed by atoms with Crippen LogP contribution >= 0.6 is 12.4 Å². The van der Waals surface area contributed by atoms with E-state index in [1.54, 1.807) is 7.11 Å². The molecule has 0 aliphatic carbocycles. The zero-order valence-corrected chi connectivity index (χ0v) is 13.9. The van der Waals surface area contributed by atoms with Crippen LogP contribution in [0.2, 0.25) is 0 Å². The highest BCUT2D eigenvalue weighted by Crippen LogP contribution is 2.21. The Bertz CT molecular complexity index is 478. The highest BCUT2D eigenvalue weighted by atomic mass is 35.5. The summed E-state index contributed by atoms with van der Waals surface area (Å²) < 4.78 is 10.6. The lowest BCUT2D eigenvalue weighted by Gasteiger charge is -2.26. The van der Waals surface area contributed by atoms with E-state index < -0.39 is 6.04 Å². The molecule has 1 fully saturated rings. The largest absolute Gasteiger partial charge is 0.381 e. The molecule has 0 radical (unpaired) electrons. The molecule has 1 saturated heterocycles. The van der Waals surface area contributed by atoms with E-state index in [0.717, 1.165) is 24.1 Å². The molecule has 5 nitrogen and oxygen atoms in total. The van der Waals surface area contributed by atoms with E-state index in [0.29, 0.717) is 13.2 Å². The van der Waals surface area contributed by atoms with Crippen molar-refractivity contribution >= 4 is 24.0 Å². The highest BCUT2D eigenvalue weighted by molar-refractivity contribution is 5.95. The third-order valence-electron chi connectivity index (χ3n) is 4.05. The summed E-state index contributed by atoms with van der Waals surface area (Å²) in [5.74, 6) is 0.0592. The van der Waals surface area contributed by atoms with Crippen LogP contribution in [0.3, 0.4) is 0 Å². The Kier molecular flexibility index (Phi) is 7.82. The van der Waals surface area contributed by atoms with Gasteiger partial charge in [0.2, 0.25) is 5.91 Å². The van der Waals surface area contributed by atoms with Crippen molar-refractivity contribution in [2.75, 3.05) is 25.6 Å². The summed E-state index contributed by atoms with van der Waals surface area (Å²) in [7, 11) is 1.66. The number of rotatable bonds is 5. The summed E-state index contributed by atoms with van der Waals surface area (Å²) in [5, 5.41) is 2.90. The van der Waals surface area contributed by atoms with Crippen molar-refractivity contribution < 1.29 is 14.3 Å². The molecule has 0 spiro atoms. The Morgan fingerprint density at radius 1 is 1.41 bits per heavy atom. The van der Waals surface area contributed by atoms with Gasteiger partial charge in [-0.3, -0.25) is 4.79 Å². The maximum Gasteiger partial charge on any atom is 0.241 e. The van der Waals surface area contributed by atoms with Crippen LogP contribution in [0.5, 0.6) is 0 Å². The molecule has 1 aliphatic heterocycles. The number of ether oxygens (including phenoxy) is 2. The standard InChI is InChI=1S/C16H24N2O3.ClH/c1-11(20-2)13-4-3-5-14(10-13)18-16(19)15(17)12-6-8-21-9-7-12;/h3-5,10-12,15H,6-9,17H2,1-2H3,(H,18,19);1H. The number of benzene rings is 1. The average molecular weight is 329 g/mol. The first-order valence-electron chi connectivity index (χ1n) is 7.38. The number of anilines is 1. The van der Waals surface area contributed by atoms with Gasteiger partial charge in [0.25, 0.3) is 0 Å². The first-order chi connectivity index (χ1) is 10.1. The van der Waals surface area contributed by atoms with Crippen molar-refractivity contribution in [1.82, 2.24) is 0 Å². The number of carbonyl (C=O) groups excluding carboxylic acids is 1. The Morgan fingerprint density at radius 3 is 2.73 bits per heavy atom. The Balaban J connectivity index is 0.00000242. The molecule has 1 aromatic rings. The van der Waals surface area contributed by atoms with Gasteiger partial charge < -0.3 is 20.5 Å². The van der Waals surface area contributed by atoms with Gasteiger partial charge in [0.15, 0.2) is 0 Å². The summed E-state index contributed by atoms with van der Waals surface area (Å²) in [4.78, 5) is 12.3. The molecule has 1 aliphatic rings. The van der Waals surface area contributed by atoms with Gasteiger partial charge in [-0.05, 0) is 43.4 Å². The second kappa shape index (κ2) is 9.10. The van der Waals surface area contributed by atoms with Crippen molar-refractivity contribution in [3.63, 3.8) is 0 Å². The minimum Gasteiger partial charge on any atom is -0.381 e. The van der Waals surface area contributed by atoms with E-state index >= 15 is 0 Å². The summed E-state index contributed by atoms with van der Waals surface area (Å²) in [6.07, 6.45) is 1.68. The fourth-order valence-electron chi connectivity index (χ4n) is 2.52. The molecule has 1 amide bonds. The number of halogens is 1. The fourth-order valence-corrected chi connectivity index (χ4v) is 2.52. The maximum absolute atomic E-state index is 12.3. The van der Waals surface area contributed by atoms with Crippen LogP contribution in [0.25, 0.3) is 0 Å². The first-order valence-corrected chi connectivity index (χ1v) is 7.38. The summed E-state index contributed by atoms with van der Waals surface area (Å²) >= 11 is 0. The highest BCUT2D eigenvalue weighted by Gasteiger charge is 2.26. The van der Waals surface area contributed by atoms with Crippen LogP contribution in [-0.4, -0.2) is 32.3 Å². The van der Waals surface area contributed by atoms with E-state index in [-0.39, 0.29) is 30.3 Å². The van der Waals surface area contributed by atoms with Crippen molar-refractivity contribution in [1.29, 1.82) is 0 Å². The van der Waals surface area contributed by atoms with Gasteiger partial charge in [0, 0.05) is 26.0 Å². The van der Waals surface area contributed by atoms with Gasteiger partial charge in [-0.1, -0.05) is 12.1 Å². The lowest BCUT2D eigenvalue weighted by molar-refractivity contribution is -0.119. The topological polar surface area (TPSA) is 73.6 Å². The number of hydrogen-bond acceptors (Lipinski definition) is 4. The predicted octanol–water partition coefficient (Wildman–Crippen LogP) is 2.51. The third-order valence-corrected chi connectivity index (χ3v) is 4.05. The lowest BCUT2D eigenvalue weighted by Crippen LogP contribution is -2.44. The van der Waals surface area contributed by atoms with Gasteiger partial charge in [-0.15, -0.1) is 12.4 Å². The number of methoxy groups -OCH3 is 1. The molecule has 3 N–H and O–H groups in total. The number of amides is 1. The molecule has 124 valence electrons. The van der Waals surface area contributed by atoms with E-state index in [1.807, 2.05) is 31.2 Å². The molecule has 1 heterocycles. The number of nitrogens with one attached hydrogen (secondary N) is 1. The molecular formula is C16H25ClN2O3. The zero-order chi connectivity index (χ0) is 15.2. The van der Waals surface area contributed by atoms with Crippen LogP contribution < -0.4 is 11.1 Å². The van der Waals surface area contributed by atoms with Gasteiger partial charge in [0.05, 0.1) is 12.1 Å². The molecule has 22 heavy (non-hydrogen) atoms. The SMILES string of the molecule is COC(C)c1cccc(NC(=O)C(N)C2CCOCC2)c1.Cl. The van der Waals surface area contributed by atoms with E-state index in [9.17, 15) is 4.79 Å². The lowest BCUT2D eigenvalue weighted by atomic mass is 9.92. The van der Waals surface area contributed by atoms with Crippen LogP contribution in [0.1, 0.15) is 31.4 Å². The van der Waals surface area contributed by atoms with Crippen LogP contribution in [0.15, 0.2) is 24.3 Å². The smallest absolute Gasteiger partial charge is 0.241 e. The summed E-state index contributed by atoms with van der Waals surface area (Å²) in [6.45, 7) is 3.34. The number of nitrogens with two attached hydrogens (primary N) is 1. The van der Waals surface area contributed by atoms with E-state index in [4.69, 9.17) is 15.2 Å². The Hall–Kier alpha value is -1.14. The van der Waals surface area contributed by atoms with Gasteiger partial charge in [-0.2, -0.15) is 0 Å². The quantitative estimate of drug-likeness (QED) is 0.871. The van der Waals surface area contributed by atoms with Crippen molar-refractivity contribution in [2.24, 2.45) is 11.7 Å². The Labute approximate surface area is 138 Å². The molecule has 2 atom stereocenters. The van der Waals surface area contributed by atoms with Crippen LogP contribution in [0.4, 0.5) is 5.69 Å². The third kappa shape index (κ3) is 4.95. The second-order valence-corrected chi connectivity index (χ2v) is 5.47. The predicted molar refractivity (Wildman–Crippen MR) is 89.3 cm³/mol. The minimum atomic E-state index is -0.489. The molecule has 6 heteroatoms. The second-order valence-electron chi connectivity index (χ2n) is 5.47. The molecular weight excluding hydrogens is 304 g/mol. The van der Waals surface area contributed by atoms with Gasteiger partial charge in [0.1, 0.15) is 0 Å². The van der Waals surface area contributed by atoms with Crippen molar-refractivity contribution in [2.45, 2.75) is 31.9 Å². The van der Waals surface area contributed by atoms with Crippen LogP contribution in [0, 0.1) is 5.92 Å². The first kappa shape index (κ1) is 18.9. The van der Waals surface area contributed by atoms with E-state index in [2.05, 4.69) is 5.32 Å². The van der Waals surface area contributed by atoms with Crippen LogP contribution in [-0.2, 0) is 14.3 Å². The summed E-state index contributed by atoms with van der Waals surface area (Å²) in [5.41, 5.74) is 7.85. The summed E-state index contributed by atoms with van der Waals surface area (Å²) in [6, 6.07) is 7.17. The minimum absolute atomic E-state index is 0. The zero-order valence-electron chi connectivity index (χ0n) is 13.1. The number of hydrogen-bond donors (Lipinski definition) is 2. The average Bonchev–Trinajstić information content (AvgIpc) is 2.54. The molecule has 0 bridgehead atoms. The van der Waals surface area contributed by atoms with Gasteiger partial charge in [-0.25, -0.2) is 0 Å². The fraction of sp³-hybridized carbons (Fsp3) is 0.562. The van der Waals surface area contributed by atoms with Gasteiger partial charge >= 0.3 is 0 Å². The molecule has 1 aromatic carbocycles. The molecule has 2 rings (SSSR count). The Morgan fingerprint density at radius 2 is 2.09 bits per heavy atom. The van der Waals surface area contributed by atoms with E-state index in [1.165, 1.54) is 0 Å². The molecule has 2 unspecified atom stereocenters. The number of carbonyl (C=O) groups is 1.